The Bertz CT molecular complexity index is 753. The first-order chi connectivity index (χ1) is 10.2. The number of benzene rings is 2. The van der Waals surface area contributed by atoms with E-state index in [9.17, 15) is 14.6 Å². The Balaban J connectivity index is 1.95. The third-order valence-corrected chi connectivity index (χ3v) is 3.49. The van der Waals surface area contributed by atoms with E-state index in [0.29, 0.717) is 11.4 Å². The van der Waals surface area contributed by atoms with E-state index in [2.05, 4.69) is 4.98 Å². The number of rotatable bonds is 4. The van der Waals surface area contributed by atoms with Gasteiger partial charge in [-0.05, 0) is 29.8 Å². The maximum Gasteiger partial charge on any atom is 0.135 e. The van der Waals surface area contributed by atoms with Gasteiger partial charge >= 0.3 is 0 Å². The number of halogens is 1. The minimum atomic E-state index is -0.798. The van der Waals surface area contributed by atoms with Crippen molar-refractivity contribution in [2.24, 2.45) is 0 Å². The molecule has 1 unspecified atom stereocenters. The molecule has 4 nitrogen and oxygen atoms in total. The first-order valence-electron chi connectivity index (χ1n) is 6.67. The summed E-state index contributed by atoms with van der Waals surface area (Å²) in [7, 11) is 0. The van der Waals surface area contributed by atoms with Gasteiger partial charge in [-0.15, -0.1) is 0 Å². The number of aromatic nitrogens is 2. The van der Waals surface area contributed by atoms with Crippen molar-refractivity contribution in [2.75, 3.05) is 0 Å². The lowest BCUT2D eigenvalue weighted by Gasteiger charge is -2.14. The van der Waals surface area contributed by atoms with Gasteiger partial charge < -0.3 is 14.8 Å². The molecule has 0 aliphatic rings. The van der Waals surface area contributed by atoms with E-state index in [4.69, 9.17) is 0 Å². The molecule has 21 heavy (non-hydrogen) atoms. The zero-order chi connectivity index (χ0) is 14.8. The largest absolute Gasteiger partial charge is 0.388 e. The number of hydrogen-bond acceptors (Lipinski definition) is 3. The van der Waals surface area contributed by atoms with E-state index < -0.39 is 6.10 Å². The molecular weight excluding hydrogens is 271 g/mol. The average Bonchev–Trinajstić information content (AvgIpc) is 2.86. The molecule has 0 radical (unpaired) electrons. The van der Waals surface area contributed by atoms with Crippen molar-refractivity contribution >= 4 is 11.0 Å². The molecule has 108 valence electrons. The fourth-order valence-corrected chi connectivity index (χ4v) is 2.41. The lowest BCUT2D eigenvalue weighted by molar-refractivity contribution is 0.153. The van der Waals surface area contributed by atoms with Crippen molar-refractivity contribution in [3.63, 3.8) is 0 Å². The Kier molecular flexibility index (Phi) is 3.68. The van der Waals surface area contributed by atoms with E-state index in [1.807, 2.05) is 24.3 Å². The molecule has 2 aromatic carbocycles. The van der Waals surface area contributed by atoms with E-state index in [1.54, 1.807) is 16.7 Å². The Morgan fingerprint density at radius 2 is 1.81 bits per heavy atom. The van der Waals surface area contributed by atoms with Crippen LogP contribution in [0.25, 0.3) is 11.0 Å². The molecule has 1 atom stereocenters. The number of aliphatic hydroxyl groups excluding tert-OH is 2. The molecule has 5 heteroatoms. The van der Waals surface area contributed by atoms with E-state index >= 15 is 0 Å². The highest BCUT2D eigenvalue weighted by Crippen LogP contribution is 2.21. The summed E-state index contributed by atoms with van der Waals surface area (Å²) in [6, 6.07) is 13.2. The van der Waals surface area contributed by atoms with Crippen molar-refractivity contribution in [1.82, 2.24) is 9.55 Å². The maximum atomic E-state index is 12.9. The second-order valence-corrected chi connectivity index (χ2v) is 4.85. The smallest absolute Gasteiger partial charge is 0.135 e. The zero-order valence-electron chi connectivity index (χ0n) is 11.3. The van der Waals surface area contributed by atoms with Crippen LogP contribution in [-0.2, 0) is 13.2 Å². The molecule has 0 bridgehead atoms. The summed E-state index contributed by atoms with van der Waals surface area (Å²) in [4.78, 5) is 4.33. The summed E-state index contributed by atoms with van der Waals surface area (Å²) >= 11 is 0. The summed E-state index contributed by atoms with van der Waals surface area (Å²) in [5.41, 5.74) is 2.24. The Morgan fingerprint density at radius 3 is 2.52 bits per heavy atom. The predicted molar refractivity (Wildman–Crippen MR) is 77.0 cm³/mol. The van der Waals surface area contributed by atoms with Crippen LogP contribution in [0.4, 0.5) is 4.39 Å². The van der Waals surface area contributed by atoms with Crippen molar-refractivity contribution in [3.8, 4) is 0 Å². The topological polar surface area (TPSA) is 58.3 Å². The van der Waals surface area contributed by atoms with Gasteiger partial charge in [-0.2, -0.15) is 0 Å². The monoisotopic (exact) mass is 286 g/mol. The van der Waals surface area contributed by atoms with Crippen LogP contribution in [-0.4, -0.2) is 19.8 Å². The highest BCUT2D eigenvalue weighted by Gasteiger charge is 2.14. The molecule has 0 aliphatic carbocycles. The van der Waals surface area contributed by atoms with E-state index in [0.717, 1.165) is 11.0 Å². The molecule has 0 aliphatic heterocycles. The molecule has 1 aromatic heterocycles. The summed E-state index contributed by atoms with van der Waals surface area (Å²) in [5, 5.41) is 19.7. The molecular formula is C16H15FN2O2. The van der Waals surface area contributed by atoms with Crippen LogP contribution in [0.1, 0.15) is 17.5 Å². The highest BCUT2D eigenvalue weighted by atomic mass is 19.1. The fraction of sp³-hybridized carbons (Fsp3) is 0.188. The van der Waals surface area contributed by atoms with Crippen LogP contribution < -0.4 is 0 Å². The molecule has 3 aromatic rings. The maximum absolute atomic E-state index is 12.9. The van der Waals surface area contributed by atoms with Crippen LogP contribution in [0.15, 0.2) is 48.5 Å². The predicted octanol–water partition coefficient (Wildman–Crippen LogP) is 2.40. The number of fused-ring (bicyclic) bond motifs is 1. The molecule has 0 saturated heterocycles. The van der Waals surface area contributed by atoms with Gasteiger partial charge in [-0.3, -0.25) is 0 Å². The highest BCUT2D eigenvalue weighted by molar-refractivity contribution is 5.75. The zero-order valence-corrected chi connectivity index (χ0v) is 11.3. The van der Waals surface area contributed by atoms with Gasteiger partial charge in [0, 0.05) is 0 Å². The van der Waals surface area contributed by atoms with E-state index in [1.165, 1.54) is 12.1 Å². The van der Waals surface area contributed by atoms with Gasteiger partial charge in [-0.25, -0.2) is 9.37 Å². The van der Waals surface area contributed by atoms with Crippen molar-refractivity contribution in [1.29, 1.82) is 0 Å². The van der Waals surface area contributed by atoms with Gasteiger partial charge in [0.15, 0.2) is 0 Å². The summed E-state index contributed by atoms with van der Waals surface area (Å²) in [6.45, 7) is 0.0485. The first kappa shape index (κ1) is 13.7. The minimum absolute atomic E-state index is 0.204. The van der Waals surface area contributed by atoms with Gasteiger partial charge in [0.2, 0.25) is 0 Å². The normalized spacial score (nSPS) is 12.7. The molecule has 0 fully saturated rings. The standard InChI is InChI=1S/C16H15FN2O2/c17-12-7-5-11(6-8-12)15(21)9-19-14-4-2-1-3-13(14)18-16(19)10-20/h1-8,15,20-21H,9-10H2. The Hall–Kier alpha value is -2.24. The van der Waals surface area contributed by atoms with Gasteiger partial charge in [-0.1, -0.05) is 24.3 Å². The number of imidazole rings is 1. The molecule has 0 spiro atoms. The lowest BCUT2D eigenvalue weighted by Crippen LogP contribution is -2.11. The van der Waals surface area contributed by atoms with Gasteiger partial charge in [0.1, 0.15) is 18.2 Å². The average molecular weight is 286 g/mol. The molecule has 1 heterocycles. The van der Waals surface area contributed by atoms with Crippen molar-refractivity contribution in [3.05, 3.63) is 65.7 Å². The SMILES string of the molecule is OCc1nc2ccccc2n1CC(O)c1ccc(F)cc1. The van der Waals surface area contributed by atoms with Crippen LogP contribution in [0.2, 0.25) is 0 Å². The fourth-order valence-electron chi connectivity index (χ4n) is 2.41. The van der Waals surface area contributed by atoms with Gasteiger partial charge in [0.25, 0.3) is 0 Å². The third kappa shape index (κ3) is 2.66. The summed E-state index contributed by atoms with van der Waals surface area (Å²) in [5.74, 6) is 0.160. The van der Waals surface area contributed by atoms with Crippen LogP contribution >= 0.6 is 0 Å². The van der Waals surface area contributed by atoms with Crippen LogP contribution in [0.5, 0.6) is 0 Å². The van der Waals surface area contributed by atoms with Crippen LogP contribution in [0, 0.1) is 5.82 Å². The lowest BCUT2D eigenvalue weighted by atomic mass is 10.1. The quantitative estimate of drug-likeness (QED) is 0.774. The first-order valence-corrected chi connectivity index (χ1v) is 6.67. The van der Waals surface area contributed by atoms with Crippen molar-refractivity contribution in [2.45, 2.75) is 19.3 Å². The number of nitrogens with zero attached hydrogens (tertiary/aromatic N) is 2. The third-order valence-electron chi connectivity index (χ3n) is 3.49. The van der Waals surface area contributed by atoms with Crippen molar-refractivity contribution < 1.29 is 14.6 Å². The summed E-state index contributed by atoms with van der Waals surface area (Å²) < 4.78 is 14.7. The Labute approximate surface area is 121 Å². The molecule has 0 amide bonds. The Morgan fingerprint density at radius 1 is 1.10 bits per heavy atom. The van der Waals surface area contributed by atoms with Gasteiger partial charge in [0.05, 0.1) is 23.7 Å². The minimum Gasteiger partial charge on any atom is -0.388 e. The molecule has 0 saturated carbocycles. The van der Waals surface area contributed by atoms with Crippen LogP contribution in [0.3, 0.4) is 0 Å². The molecule has 2 N–H and O–H groups in total. The second kappa shape index (κ2) is 5.63. The number of hydrogen-bond donors (Lipinski definition) is 2. The summed E-state index contributed by atoms with van der Waals surface area (Å²) in [6.07, 6.45) is -0.798. The molecule has 3 rings (SSSR count). The van der Waals surface area contributed by atoms with E-state index in [-0.39, 0.29) is 19.0 Å². The number of aliphatic hydroxyl groups is 2. The number of para-hydroxylation sites is 2. The second-order valence-electron chi connectivity index (χ2n) is 4.85.